The maximum Gasteiger partial charge on any atom is 0.394 e. The molecular formula is C8H11NO4S. The molecule has 6 heteroatoms. The molecule has 0 saturated heterocycles. The number of benzene rings is 1. The van der Waals surface area contributed by atoms with E-state index in [-0.39, 0.29) is 0 Å². The maximum atomic E-state index is 8.74. The Morgan fingerprint density at radius 2 is 1.79 bits per heavy atom. The van der Waals surface area contributed by atoms with Crippen molar-refractivity contribution in [1.29, 1.82) is 0 Å². The van der Waals surface area contributed by atoms with Crippen LogP contribution < -0.4 is 5.32 Å². The fourth-order valence-electron chi connectivity index (χ4n) is 1.24. The maximum absolute atomic E-state index is 8.74. The second kappa shape index (κ2) is 4.41. The molecular weight excluding hydrogens is 206 g/mol. The zero-order valence-corrected chi connectivity index (χ0v) is 8.16. The fraction of sp³-hybridized carbons (Fsp3) is 0.250. The molecule has 1 aliphatic heterocycles. The third kappa shape index (κ3) is 4.22. The van der Waals surface area contributed by atoms with Gasteiger partial charge in [0.1, 0.15) is 0 Å². The summed E-state index contributed by atoms with van der Waals surface area (Å²) < 4.78 is 31.6. The van der Waals surface area contributed by atoms with Crippen molar-refractivity contribution in [3.63, 3.8) is 0 Å². The van der Waals surface area contributed by atoms with Gasteiger partial charge in [-0.2, -0.15) is 8.42 Å². The molecule has 5 nitrogen and oxygen atoms in total. The van der Waals surface area contributed by atoms with Gasteiger partial charge in [-0.3, -0.25) is 9.11 Å². The number of para-hydroxylation sites is 1. The van der Waals surface area contributed by atoms with Crippen LogP contribution >= 0.6 is 0 Å². The Morgan fingerprint density at radius 3 is 2.36 bits per heavy atom. The van der Waals surface area contributed by atoms with Crippen molar-refractivity contribution >= 4 is 16.1 Å². The first kappa shape index (κ1) is 11.0. The first-order valence-electron chi connectivity index (χ1n) is 3.98. The molecule has 78 valence electrons. The molecule has 0 unspecified atom stereocenters. The Bertz CT molecular complexity index is 371. The molecule has 0 saturated carbocycles. The highest BCUT2D eigenvalue weighted by Gasteiger charge is 2.05. The molecule has 0 aromatic heterocycles. The van der Waals surface area contributed by atoms with Gasteiger partial charge in [-0.15, -0.1) is 0 Å². The third-order valence-electron chi connectivity index (χ3n) is 1.73. The lowest BCUT2D eigenvalue weighted by molar-refractivity contribution is 0.381. The van der Waals surface area contributed by atoms with Gasteiger partial charge in [-0.1, -0.05) is 18.2 Å². The van der Waals surface area contributed by atoms with E-state index in [2.05, 4.69) is 29.6 Å². The van der Waals surface area contributed by atoms with Crippen LogP contribution in [0.5, 0.6) is 0 Å². The van der Waals surface area contributed by atoms with Crippen LogP contribution in [0.3, 0.4) is 0 Å². The number of anilines is 1. The Labute approximate surface area is 82.3 Å². The van der Waals surface area contributed by atoms with Crippen molar-refractivity contribution in [2.45, 2.75) is 6.42 Å². The standard InChI is InChI=1S/C8H9N.H2O4S/c1-2-4-8-7(3-1)5-6-9-8;1-5(2,3)4/h1-4,9H,5-6H2;(H2,1,2,3,4). The molecule has 0 amide bonds. The van der Waals surface area contributed by atoms with Crippen LogP contribution in [0, 0.1) is 0 Å². The average molecular weight is 217 g/mol. The summed E-state index contributed by atoms with van der Waals surface area (Å²) in [4.78, 5) is 0. The minimum absolute atomic E-state index is 1.11. The van der Waals surface area contributed by atoms with Crippen LogP contribution in [0.4, 0.5) is 5.69 Å². The van der Waals surface area contributed by atoms with Gasteiger partial charge < -0.3 is 5.32 Å². The summed E-state index contributed by atoms with van der Waals surface area (Å²) in [5.74, 6) is 0. The summed E-state index contributed by atoms with van der Waals surface area (Å²) in [5.41, 5.74) is 2.77. The van der Waals surface area contributed by atoms with Crippen LogP contribution in [0.2, 0.25) is 0 Å². The molecule has 1 aromatic rings. The highest BCUT2D eigenvalue weighted by molar-refractivity contribution is 7.79. The molecule has 0 atom stereocenters. The summed E-state index contributed by atoms with van der Waals surface area (Å²) in [7, 11) is -4.67. The molecule has 3 N–H and O–H groups in total. The van der Waals surface area contributed by atoms with E-state index in [4.69, 9.17) is 17.5 Å². The highest BCUT2D eigenvalue weighted by Crippen LogP contribution is 2.19. The van der Waals surface area contributed by atoms with Crippen LogP contribution in [-0.4, -0.2) is 24.1 Å². The van der Waals surface area contributed by atoms with Gasteiger partial charge in [-0.25, -0.2) is 0 Å². The monoisotopic (exact) mass is 217 g/mol. The summed E-state index contributed by atoms with van der Waals surface area (Å²) in [6, 6.07) is 8.46. The Kier molecular flexibility index (Phi) is 3.45. The fourth-order valence-corrected chi connectivity index (χ4v) is 1.24. The third-order valence-corrected chi connectivity index (χ3v) is 1.73. The van der Waals surface area contributed by atoms with E-state index >= 15 is 0 Å². The van der Waals surface area contributed by atoms with E-state index in [1.807, 2.05) is 0 Å². The molecule has 0 bridgehead atoms. The van der Waals surface area contributed by atoms with Gasteiger partial charge in [0.05, 0.1) is 0 Å². The largest absolute Gasteiger partial charge is 0.394 e. The first-order chi connectivity index (χ1) is 6.47. The van der Waals surface area contributed by atoms with Gasteiger partial charge in [0.2, 0.25) is 0 Å². The Balaban J connectivity index is 0.000000171. The predicted octanol–water partition coefficient (Wildman–Crippen LogP) is 1.00. The first-order valence-corrected chi connectivity index (χ1v) is 5.38. The minimum Gasteiger partial charge on any atom is -0.384 e. The van der Waals surface area contributed by atoms with Crippen molar-refractivity contribution < 1.29 is 17.5 Å². The number of nitrogens with one attached hydrogen (secondary N) is 1. The van der Waals surface area contributed by atoms with Crippen LogP contribution in [0.25, 0.3) is 0 Å². The lowest BCUT2D eigenvalue weighted by atomic mass is 10.2. The van der Waals surface area contributed by atoms with E-state index in [1.54, 1.807) is 0 Å². The molecule has 0 aliphatic carbocycles. The number of fused-ring (bicyclic) bond motifs is 1. The molecule has 1 heterocycles. The van der Waals surface area contributed by atoms with E-state index in [0.29, 0.717) is 0 Å². The van der Waals surface area contributed by atoms with Crippen molar-refractivity contribution in [3.8, 4) is 0 Å². The minimum atomic E-state index is -4.67. The molecule has 1 aromatic carbocycles. The number of rotatable bonds is 0. The van der Waals surface area contributed by atoms with Gasteiger partial charge >= 0.3 is 10.4 Å². The van der Waals surface area contributed by atoms with Gasteiger partial charge in [-0.05, 0) is 18.1 Å². The highest BCUT2D eigenvalue weighted by atomic mass is 32.3. The SMILES string of the molecule is O=S(=O)(O)O.c1ccc2c(c1)CCN2. The van der Waals surface area contributed by atoms with E-state index < -0.39 is 10.4 Å². The average Bonchev–Trinajstić information content (AvgIpc) is 2.47. The molecule has 1 aliphatic rings. The summed E-state index contributed by atoms with van der Waals surface area (Å²) in [6.07, 6.45) is 1.19. The number of hydrogen-bond donors (Lipinski definition) is 3. The van der Waals surface area contributed by atoms with Gasteiger partial charge in [0, 0.05) is 12.2 Å². The van der Waals surface area contributed by atoms with Crippen molar-refractivity contribution in [1.82, 2.24) is 0 Å². The summed E-state index contributed by atoms with van der Waals surface area (Å²) in [5, 5.41) is 3.30. The van der Waals surface area contributed by atoms with Crippen molar-refractivity contribution in [2.75, 3.05) is 11.9 Å². The van der Waals surface area contributed by atoms with E-state index in [9.17, 15) is 0 Å². The Hall–Kier alpha value is -1.11. The number of hydrogen-bond acceptors (Lipinski definition) is 3. The lowest BCUT2D eigenvalue weighted by Crippen LogP contribution is -1.90. The van der Waals surface area contributed by atoms with Crippen LogP contribution in [0.15, 0.2) is 24.3 Å². The van der Waals surface area contributed by atoms with Crippen LogP contribution in [-0.2, 0) is 16.8 Å². The Morgan fingerprint density at radius 1 is 1.21 bits per heavy atom. The smallest absolute Gasteiger partial charge is 0.384 e. The zero-order chi connectivity index (χ0) is 10.6. The zero-order valence-electron chi connectivity index (χ0n) is 7.34. The summed E-state index contributed by atoms with van der Waals surface area (Å²) in [6.45, 7) is 1.11. The second-order valence-corrected chi connectivity index (χ2v) is 3.68. The molecule has 0 fully saturated rings. The van der Waals surface area contributed by atoms with E-state index in [0.717, 1.165) is 6.54 Å². The summed E-state index contributed by atoms with van der Waals surface area (Å²) >= 11 is 0. The molecule has 14 heavy (non-hydrogen) atoms. The van der Waals surface area contributed by atoms with Crippen molar-refractivity contribution in [3.05, 3.63) is 29.8 Å². The molecule has 2 rings (SSSR count). The molecule has 0 radical (unpaired) electrons. The second-order valence-electron chi connectivity index (χ2n) is 2.78. The topological polar surface area (TPSA) is 86.6 Å². The quantitative estimate of drug-likeness (QED) is 0.564. The normalized spacial score (nSPS) is 13.6. The van der Waals surface area contributed by atoms with Crippen LogP contribution in [0.1, 0.15) is 5.56 Å². The lowest BCUT2D eigenvalue weighted by Gasteiger charge is -1.94. The predicted molar refractivity (Wildman–Crippen MR) is 52.8 cm³/mol. The van der Waals surface area contributed by atoms with Gasteiger partial charge in [0.25, 0.3) is 0 Å². The van der Waals surface area contributed by atoms with Gasteiger partial charge in [0.15, 0.2) is 0 Å². The van der Waals surface area contributed by atoms with E-state index in [1.165, 1.54) is 17.7 Å². The molecule has 0 spiro atoms. The van der Waals surface area contributed by atoms with Crippen molar-refractivity contribution in [2.24, 2.45) is 0 Å².